The molecular weight excluding hydrogens is 300 g/mol. The van der Waals surface area contributed by atoms with E-state index in [1.165, 1.54) is 11.3 Å². The van der Waals surface area contributed by atoms with E-state index >= 15 is 0 Å². The van der Waals surface area contributed by atoms with Gasteiger partial charge in [0.1, 0.15) is 5.69 Å². The molecule has 2 heterocycles. The van der Waals surface area contributed by atoms with Crippen LogP contribution < -0.4 is 4.90 Å². The summed E-state index contributed by atoms with van der Waals surface area (Å²) in [7, 11) is 0. The molecule has 0 spiro atoms. The molecule has 128 valence electrons. The average Bonchev–Trinajstić information content (AvgIpc) is 3.04. The van der Waals surface area contributed by atoms with Crippen molar-refractivity contribution >= 4 is 11.6 Å². The van der Waals surface area contributed by atoms with Gasteiger partial charge in [-0.3, -0.25) is 9.89 Å². The second kappa shape index (κ2) is 7.07. The fourth-order valence-corrected chi connectivity index (χ4v) is 3.41. The number of hydrogen-bond acceptors (Lipinski definition) is 3. The van der Waals surface area contributed by atoms with Crippen molar-refractivity contribution in [3.8, 4) is 0 Å². The minimum Gasteiger partial charge on any atom is -0.367 e. The number of aromatic amines is 1. The second-order valence-corrected chi connectivity index (χ2v) is 6.61. The van der Waals surface area contributed by atoms with Crippen LogP contribution in [0.5, 0.6) is 0 Å². The number of aromatic nitrogens is 2. The van der Waals surface area contributed by atoms with Gasteiger partial charge in [-0.25, -0.2) is 0 Å². The first-order valence-electron chi connectivity index (χ1n) is 8.76. The molecule has 0 aliphatic carbocycles. The molecule has 1 atom stereocenters. The minimum atomic E-state index is 0.0329. The molecule has 1 amide bonds. The Morgan fingerprint density at radius 1 is 1.33 bits per heavy atom. The van der Waals surface area contributed by atoms with Crippen LogP contribution in [0.4, 0.5) is 5.69 Å². The van der Waals surface area contributed by atoms with Crippen molar-refractivity contribution in [3.05, 3.63) is 47.3 Å². The van der Waals surface area contributed by atoms with E-state index in [4.69, 9.17) is 0 Å². The Kier molecular flexibility index (Phi) is 4.88. The first-order chi connectivity index (χ1) is 11.6. The molecule has 2 aromatic rings. The maximum Gasteiger partial charge on any atom is 0.274 e. The Labute approximate surface area is 143 Å². The maximum absolute atomic E-state index is 12.8. The Morgan fingerprint density at radius 3 is 2.83 bits per heavy atom. The predicted octanol–water partition coefficient (Wildman–Crippen LogP) is 3.02. The van der Waals surface area contributed by atoms with Gasteiger partial charge < -0.3 is 9.80 Å². The highest BCUT2D eigenvalue weighted by atomic mass is 16.2. The van der Waals surface area contributed by atoms with Gasteiger partial charge in [-0.2, -0.15) is 5.10 Å². The maximum atomic E-state index is 12.8. The summed E-state index contributed by atoms with van der Waals surface area (Å²) in [5, 5.41) is 7.18. The fraction of sp³-hybridized carbons (Fsp3) is 0.474. The molecule has 1 aliphatic rings. The van der Waals surface area contributed by atoms with Gasteiger partial charge in [-0.05, 0) is 38.0 Å². The van der Waals surface area contributed by atoms with Gasteiger partial charge in [-0.15, -0.1) is 0 Å². The number of benzene rings is 1. The molecular formula is C19H26N4O. The Bertz CT molecular complexity index is 709. The number of piperazine rings is 1. The molecule has 5 nitrogen and oxygen atoms in total. The molecule has 0 unspecified atom stereocenters. The SMILES string of the molecule is CCCc1cc(C(=O)N2CCN(c3ccccc3C)C[C@@H]2C)n[nH]1. The molecule has 0 bridgehead atoms. The number of para-hydroxylation sites is 1. The van der Waals surface area contributed by atoms with Crippen molar-refractivity contribution in [1.82, 2.24) is 15.1 Å². The van der Waals surface area contributed by atoms with Gasteiger partial charge in [0.15, 0.2) is 0 Å². The molecule has 24 heavy (non-hydrogen) atoms. The van der Waals surface area contributed by atoms with E-state index in [1.807, 2.05) is 11.0 Å². The van der Waals surface area contributed by atoms with E-state index in [2.05, 4.69) is 60.1 Å². The van der Waals surface area contributed by atoms with Crippen molar-refractivity contribution in [2.75, 3.05) is 24.5 Å². The smallest absolute Gasteiger partial charge is 0.274 e. The zero-order valence-electron chi connectivity index (χ0n) is 14.7. The summed E-state index contributed by atoms with van der Waals surface area (Å²) >= 11 is 0. The summed E-state index contributed by atoms with van der Waals surface area (Å²) in [6.45, 7) is 8.80. The molecule has 5 heteroatoms. The van der Waals surface area contributed by atoms with E-state index in [-0.39, 0.29) is 11.9 Å². The van der Waals surface area contributed by atoms with Gasteiger partial charge in [0.25, 0.3) is 5.91 Å². The summed E-state index contributed by atoms with van der Waals surface area (Å²) in [6, 6.07) is 10.5. The molecule has 1 N–H and O–H groups in total. The number of amides is 1. The number of carbonyl (C=O) groups is 1. The largest absolute Gasteiger partial charge is 0.367 e. The van der Waals surface area contributed by atoms with Crippen LogP contribution in [0.25, 0.3) is 0 Å². The monoisotopic (exact) mass is 326 g/mol. The van der Waals surface area contributed by atoms with Crippen molar-refractivity contribution in [3.63, 3.8) is 0 Å². The summed E-state index contributed by atoms with van der Waals surface area (Å²) in [5.41, 5.74) is 4.11. The highest BCUT2D eigenvalue weighted by molar-refractivity contribution is 5.92. The lowest BCUT2D eigenvalue weighted by atomic mass is 10.1. The number of aryl methyl sites for hydroxylation is 2. The van der Waals surface area contributed by atoms with Crippen molar-refractivity contribution in [2.24, 2.45) is 0 Å². The highest BCUT2D eigenvalue weighted by Crippen LogP contribution is 2.23. The normalized spacial score (nSPS) is 18.0. The van der Waals surface area contributed by atoms with Crippen LogP contribution in [0.3, 0.4) is 0 Å². The first kappa shape index (κ1) is 16.6. The van der Waals surface area contributed by atoms with E-state index < -0.39 is 0 Å². The highest BCUT2D eigenvalue weighted by Gasteiger charge is 2.29. The van der Waals surface area contributed by atoms with E-state index in [1.54, 1.807) is 0 Å². The second-order valence-electron chi connectivity index (χ2n) is 6.61. The molecule has 1 fully saturated rings. The van der Waals surface area contributed by atoms with Gasteiger partial charge >= 0.3 is 0 Å². The topological polar surface area (TPSA) is 52.2 Å². The molecule has 0 saturated carbocycles. The van der Waals surface area contributed by atoms with E-state index in [9.17, 15) is 4.79 Å². The Morgan fingerprint density at radius 2 is 2.12 bits per heavy atom. The summed E-state index contributed by atoms with van der Waals surface area (Å²) in [4.78, 5) is 17.1. The van der Waals surface area contributed by atoms with Crippen LogP contribution in [0.15, 0.2) is 30.3 Å². The van der Waals surface area contributed by atoms with E-state index in [0.29, 0.717) is 5.69 Å². The molecule has 1 aliphatic heterocycles. The molecule has 1 aromatic carbocycles. The summed E-state index contributed by atoms with van der Waals surface area (Å²) in [5.74, 6) is 0.0329. The van der Waals surface area contributed by atoms with E-state index in [0.717, 1.165) is 38.2 Å². The fourth-order valence-electron chi connectivity index (χ4n) is 3.41. The lowest BCUT2D eigenvalue weighted by Crippen LogP contribution is -2.54. The quantitative estimate of drug-likeness (QED) is 0.939. The van der Waals surface area contributed by atoms with Crippen molar-refractivity contribution in [2.45, 2.75) is 39.7 Å². The predicted molar refractivity (Wildman–Crippen MR) is 96.5 cm³/mol. The van der Waals surface area contributed by atoms with Crippen LogP contribution in [0.2, 0.25) is 0 Å². The third-order valence-corrected chi connectivity index (χ3v) is 4.71. The number of hydrogen-bond donors (Lipinski definition) is 1. The van der Waals surface area contributed by atoms with Crippen molar-refractivity contribution < 1.29 is 4.79 Å². The summed E-state index contributed by atoms with van der Waals surface area (Å²) < 4.78 is 0. The first-order valence-corrected chi connectivity index (χ1v) is 8.76. The minimum absolute atomic E-state index is 0.0329. The zero-order chi connectivity index (χ0) is 17.1. The standard InChI is InChI=1S/C19H26N4O/c1-4-7-16-12-17(21-20-16)19(24)23-11-10-22(13-15(23)3)18-9-6-5-8-14(18)2/h5-6,8-9,12,15H,4,7,10-11,13H2,1-3H3,(H,20,21)/t15-/m0/s1. The third kappa shape index (κ3) is 3.30. The van der Waals surface area contributed by atoms with Gasteiger partial charge in [-0.1, -0.05) is 31.5 Å². The van der Waals surface area contributed by atoms with Crippen LogP contribution in [-0.4, -0.2) is 46.7 Å². The molecule has 1 saturated heterocycles. The third-order valence-electron chi connectivity index (χ3n) is 4.71. The Hall–Kier alpha value is -2.30. The number of nitrogens with one attached hydrogen (secondary N) is 1. The van der Waals surface area contributed by atoms with Crippen LogP contribution in [-0.2, 0) is 6.42 Å². The summed E-state index contributed by atoms with van der Waals surface area (Å²) in [6.07, 6.45) is 1.97. The van der Waals surface area contributed by atoms with Gasteiger partial charge in [0.05, 0.1) is 0 Å². The number of rotatable bonds is 4. The zero-order valence-corrected chi connectivity index (χ0v) is 14.7. The number of H-pyrrole nitrogens is 1. The van der Waals surface area contributed by atoms with Gasteiger partial charge in [0, 0.05) is 37.1 Å². The molecule has 3 rings (SSSR count). The number of nitrogens with zero attached hydrogens (tertiary/aromatic N) is 3. The van der Waals surface area contributed by atoms with Crippen LogP contribution >= 0.6 is 0 Å². The van der Waals surface area contributed by atoms with Crippen molar-refractivity contribution in [1.29, 1.82) is 0 Å². The number of carbonyl (C=O) groups excluding carboxylic acids is 1. The molecule has 0 radical (unpaired) electrons. The Balaban J connectivity index is 1.69. The lowest BCUT2D eigenvalue weighted by molar-refractivity contribution is 0.0668. The van der Waals surface area contributed by atoms with Crippen LogP contribution in [0, 0.1) is 6.92 Å². The molecule has 1 aromatic heterocycles. The van der Waals surface area contributed by atoms with Gasteiger partial charge in [0.2, 0.25) is 0 Å². The average molecular weight is 326 g/mol. The lowest BCUT2D eigenvalue weighted by Gasteiger charge is -2.41. The van der Waals surface area contributed by atoms with Crippen LogP contribution in [0.1, 0.15) is 42.0 Å². The number of anilines is 1.